The van der Waals surface area contributed by atoms with E-state index >= 15 is 0 Å². The molecular formula is C20H27N3O2. The summed E-state index contributed by atoms with van der Waals surface area (Å²) in [6, 6.07) is 6.62. The Kier molecular flexibility index (Phi) is 5.23. The minimum Gasteiger partial charge on any atom is -0.396 e. The molecule has 5 nitrogen and oxygen atoms in total. The molecular weight excluding hydrogens is 314 g/mol. The Morgan fingerprint density at radius 2 is 2.04 bits per heavy atom. The maximum Gasteiger partial charge on any atom is 0.257 e. The maximum absolute atomic E-state index is 13.0. The third kappa shape index (κ3) is 3.76. The molecule has 1 saturated carbocycles. The van der Waals surface area contributed by atoms with Crippen molar-refractivity contribution in [2.75, 3.05) is 13.2 Å². The van der Waals surface area contributed by atoms with E-state index in [1.807, 2.05) is 16.5 Å². The first-order valence-corrected chi connectivity index (χ1v) is 9.07. The second-order valence-electron chi connectivity index (χ2n) is 7.01. The molecule has 1 aliphatic carbocycles. The standard InChI is InChI=1S/C20H27N3O2/c1-14-6-7-15(2)19(12-14)23-16(3)18(13-21-23)20(25)22(17-8-9-17)10-4-5-11-24/h6-7,12-13,17,24H,4-5,8-11H2,1-3H3. The van der Waals surface area contributed by atoms with Crippen molar-refractivity contribution in [1.29, 1.82) is 0 Å². The Morgan fingerprint density at radius 1 is 1.28 bits per heavy atom. The Hall–Kier alpha value is -2.14. The Morgan fingerprint density at radius 3 is 2.72 bits per heavy atom. The highest BCUT2D eigenvalue weighted by Gasteiger charge is 2.34. The minimum absolute atomic E-state index is 0.0643. The summed E-state index contributed by atoms with van der Waals surface area (Å²) in [7, 11) is 0. The summed E-state index contributed by atoms with van der Waals surface area (Å²) in [5.74, 6) is 0.0643. The molecule has 0 bridgehead atoms. The second-order valence-corrected chi connectivity index (χ2v) is 7.01. The molecule has 0 spiro atoms. The number of aliphatic hydroxyl groups excluding tert-OH is 1. The van der Waals surface area contributed by atoms with Crippen LogP contribution in [0.1, 0.15) is 52.9 Å². The zero-order chi connectivity index (χ0) is 18.0. The van der Waals surface area contributed by atoms with Gasteiger partial charge in [0.1, 0.15) is 0 Å². The van der Waals surface area contributed by atoms with Gasteiger partial charge in [0.15, 0.2) is 0 Å². The molecule has 3 rings (SSSR count). The number of aryl methyl sites for hydroxylation is 2. The van der Waals surface area contributed by atoms with Gasteiger partial charge in [-0.3, -0.25) is 4.79 Å². The lowest BCUT2D eigenvalue weighted by Crippen LogP contribution is -2.34. The minimum atomic E-state index is 0.0643. The third-order valence-electron chi connectivity index (χ3n) is 4.89. The molecule has 1 aromatic carbocycles. The van der Waals surface area contributed by atoms with Crippen molar-refractivity contribution in [2.24, 2.45) is 0 Å². The first kappa shape index (κ1) is 17.7. The summed E-state index contributed by atoms with van der Waals surface area (Å²) in [4.78, 5) is 15.0. The van der Waals surface area contributed by atoms with Crippen LogP contribution in [0.15, 0.2) is 24.4 Å². The number of unbranched alkanes of at least 4 members (excludes halogenated alkanes) is 1. The molecule has 1 fully saturated rings. The molecule has 1 N–H and O–H groups in total. The zero-order valence-corrected chi connectivity index (χ0v) is 15.3. The number of rotatable bonds is 7. The lowest BCUT2D eigenvalue weighted by molar-refractivity contribution is 0.0736. The zero-order valence-electron chi connectivity index (χ0n) is 15.3. The van der Waals surface area contributed by atoms with Gasteiger partial charge in [0.25, 0.3) is 5.91 Å². The van der Waals surface area contributed by atoms with Crippen LogP contribution in [0.2, 0.25) is 0 Å². The Labute approximate surface area is 149 Å². The van der Waals surface area contributed by atoms with Crippen molar-refractivity contribution in [3.8, 4) is 5.69 Å². The molecule has 25 heavy (non-hydrogen) atoms. The van der Waals surface area contributed by atoms with Crippen molar-refractivity contribution >= 4 is 5.91 Å². The number of hydrogen-bond acceptors (Lipinski definition) is 3. The van der Waals surface area contributed by atoms with E-state index < -0.39 is 0 Å². The van der Waals surface area contributed by atoms with Gasteiger partial charge in [0, 0.05) is 19.2 Å². The molecule has 1 amide bonds. The van der Waals surface area contributed by atoms with Gasteiger partial charge in [0.05, 0.1) is 23.1 Å². The van der Waals surface area contributed by atoms with E-state index in [0.29, 0.717) is 18.2 Å². The van der Waals surface area contributed by atoms with E-state index in [0.717, 1.165) is 42.6 Å². The fourth-order valence-electron chi connectivity index (χ4n) is 3.19. The molecule has 1 heterocycles. The number of amides is 1. The van der Waals surface area contributed by atoms with Crippen LogP contribution < -0.4 is 0 Å². The highest BCUT2D eigenvalue weighted by Crippen LogP contribution is 2.29. The van der Waals surface area contributed by atoms with Crippen molar-refractivity contribution < 1.29 is 9.90 Å². The topological polar surface area (TPSA) is 58.4 Å². The number of aromatic nitrogens is 2. The monoisotopic (exact) mass is 341 g/mol. The molecule has 1 aliphatic rings. The van der Waals surface area contributed by atoms with Gasteiger partial charge in [-0.1, -0.05) is 12.1 Å². The van der Waals surface area contributed by atoms with Gasteiger partial charge in [0.2, 0.25) is 0 Å². The van der Waals surface area contributed by atoms with Crippen LogP contribution in [0.3, 0.4) is 0 Å². The highest BCUT2D eigenvalue weighted by atomic mass is 16.3. The summed E-state index contributed by atoms with van der Waals surface area (Å²) >= 11 is 0. The smallest absolute Gasteiger partial charge is 0.257 e. The number of aliphatic hydroxyl groups is 1. The van der Waals surface area contributed by atoms with Crippen molar-refractivity contribution in [3.05, 3.63) is 46.8 Å². The van der Waals surface area contributed by atoms with Gasteiger partial charge >= 0.3 is 0 Å². The average molecular weight is 341 g/mol. The molecule has 5 heteroatoms. The molecule has 0 atom stereocenters. The van der Waals surface area contributed by atoms with E-state index in [1.54, 1.807) is 6.20 Å². The first-order chi connectivity index (χ1) is 12.0. The van der Waals surface area contributed by atoms with Crippen LogP contribution in [-0.4, -0.2) is 44.9 Å². The largest absolute Gasteiger partial charge is 0.396 e. The molecule has 1 aromatic heterocycles. The summed E-state index contributed by atoms with van der Waals surface area (Å²) < 4.78 is 1.87. The summed E-state index contributed by atoms with van der Waals surface area (Å²) in [5, 5.41) is 13.5. The van der Waals surface area contributed by atoms with E-state index in [1.165, 1.54) is 5.56 Å². The van der Waals surface area contributed by atoms with Gasteiger partial charge in [-0.15, -0.1) is 0 Å². The van der Waals surface area contributed by atoms with Gasteiger partial charge in [-0.25, -0.2) is 4.68 Å². The SMILES string of the molecule is Cc1ccc(C)c(-n2ncc(C(=O)N(CCCCO)C3CC3)c2C)c1. The predicted octanol–water partition coefficient (Wildman–Crippen LogP) is 3.17. The van der Waals surface area contributed by atoms with Gasteiger partial charge in [-0.05, 0) is 63.6 Å². The van der Waals surface area contributed by atoms with Crippen LogP contribution in [0, 0.1) is 20.8 Å². The molecule has 2 aromatic rings. The van der Waals surface area contributed by atoms with Crippen LogP contribution in [0.25, 0.3) is 5.69 Å². The predicted molar refractivity (Wildman–Crippen MR) is 98.2 cm³/mol. The number of benzene rings is 1. The van der Waals surface area contributed by atoms with Crippen molar-refractivity contribution in [3.63, 3.8) is 0 Å². The fraction of sp³-hybridized carbons (Fsp3) is 0.500. The highest BCUT2D eigenvalue weighted by molar-refractivity contribution is 5.95. The molecule has 0 unspecified atom stereocenters. The lowest BCUT2D eigenvalue weighted by atomic mass is 10.1. The average Bonchev–Trinajstić information content (AvgIpc) is 3.36. The summed E-state index contributed by atoms with van der Waals surface area (Å²) in [6.07, 6.45) is 5.42. The van der Waals surface area contributed by atoms with E-state index in [9.17, 15) is 4.79 Å². The molecule has 0 saturated heterocycles. The normalized spacial score (nSPS) is 13.9. The van der Waals surface area contributed by atoms with Crippen LogP contribution in [0.5, 0.6) is 0 Å². The van der Waals surface area contributed by atoms with E-state index in [-0.39, 0.29) is 12.5 Å². The Bertz CT molecular complexity index is 762. The Balaban J connectivity index is 1.86. The quantitative estimate of drug-likeness (QED) is 0.787. The molecule has 0 aliphatic heterocycles. The van der Waals surface area contributed by atoms with Gasteiger partial charge in [-0.2, -0.15) is 5.10 Å². The van der Waals surface area contributed by atoms with Crippen molar-refractivity contribution in [1.82, 2.24) is 14.7 Å². The first-order valence-electron chi connectivity index (χ1n) is 9.07. The van der Waals surface area contributed by atoms with E-state index in [4.69, 9.17) is 5.11 Å². The lowest BCUT2D eigenvalue weighted by Gasteiger charge is -2.22. The fourth-order valence-corrected chi connectivity index (χ4v) is 3.19. The summed E-state index contributed by atoms with van der Waals surface area (Å²) in [6.45, 7) is 6.96. The van der Waals surface area contributed by atoms with Crippen LogP contribution >= 0.6 is 0 Å². The van der Waals surface area contributed by atoms with Crippen molar-refractivity contribution in [2.45, 2.75) is 52.5 Å². The third-order valence-corrected chi connectivity index (χ3v) is 4.89. The van der Waals surface area contributed by atoms with Crippen LogP contribution in [0.4, 0.5) is 0 Å². The van der Waals surface area contributed by atoms with Crippen LogP contribution in [-0.2, 0) is 0 Å². The molecule has 134 valence electrons. The van der Waals surface area contributed by atoms with Gasteiger partial charge < -0.3 is 10.0 Å². The number of nitrogens with zero attached hydrogens (tertiary/aromatic N) is 3. The second kappa shape index (κ2) is 7.40. The number of carbonyl (C=O) groups is 1. The number of hydrogen-bond donors (Lipinski definition) is 1. The molecule has 0 radical (unpaired) electrons. The number of carbonyl (C=O) groups excluding carboxylic acids is 1. The maximum atomic E-state index is 13.0. The van der Waals surface area contributed by atoms with E-state index in [2.05, 4.69) is 37.1 Å². The summed E-state index contributed by atoms with van der Waals surface area (Å²) in [5.41, 5.74) is 4.89.